The van der Waals surface area contributed by atoms with Crippen LogP contribution in [0, 0.1) is 10.1 Å². The van der Waals surface area contributed by atoms with Crippen molar-refractivity contribution < 1.29 is 6.29 Å². The average Bonchev–Trinajstić information content (AvgIpc) is 2.14. The third kappa shape index (κ3) is 0.840. The second-order valence-corrected chi connectivity index (χ2v) is 2.03. The minimum absolute atomic E-state index is 0.0278. The van der Waals surface area contributed by atoms with Gasteiger partial charge in [-0.05, 0) is 11.4 Å². The molecule has 0 saturated carbocycles. The smallest absolute Gasteiger partial charge is 0.258 e. The standard InChI is InChI=1S/C4H3NO2S/c6-5(7)4-2-1-3-8-4/h1-3H/i1D. The normalized spacial score (nSPS) is 10.8. The minimum atomic E-state index is -0.497. The van der Waals surface area contributed by atoms with Gasteiger partial charge in [0, 0.05) is 6.07 Å². The van der Waals surface area contributed by atoms with Gasteiger partial charge in [0.2, 0.25) is 0 Å². The highest BCUT2D eigenvalue weighted by molar-refractivity contribution is 7.13. The van der Waals surface area contributed by atoms with Crippen molar-refractivity contribution in [1.29, 1.82) is 0 Å². The zero-order valence-electron chi connectivity index (χ0n) is 4.83. The van der Waals surface area contributed by atoms with Crippen molar-refractivity contribution in [3.05, 3.63) is 27.6 Å². The van der Waals surface area contributed by atoms with E-state index in [-0.39, 0.29) is 11.0 Å². The Bertz CT molecular complexity index is 234. The second-order valence-electron chi connectivity index (χ2n) is 1.14. The van der Waals surface area contributed by atoms with Gasteiger partial charge in [0.15, 0.2) is 0 Å². The lowest BCUT2D eigenvalue weighted by Crippen LogP contribution is -1.80. The summed E-state index contributed by atoms with van der Waals surface area (Å²) in [5, 5.41) is 11.4. The number of hydrogen-bond donors (Lipinski definition) is 0. The van der Waals surface area contributed by atoms with Gasteiger partial charge in [-0.15, -0.1) is 0 Å². The van der Waals surface area contributed by atoms with Crippen molar-refractivity contribution in [1.82, 2.24) is 0 Å². The van der Waals surface area contributed by atoms with E-state index in [0.717, 1.165) is 11.3 Å². The van der Waals surface area contributed by atoms with Gasteiger partial charge in [0.25, 0.3) is 0 Å². The third-order valence-electron chi connectivity index (χ3n) is 0.634. The third-order valence-corrected chi connectivity index (χ3v) is 1.40. The molecule has 4 heteroatoms. The molecule has 1 rings (SSSR count). The van der Waals surface area contributed by atoms with E-state index in [0.29, 0.717) is 0 Å². The van der Waals surface area contributed by atoms with E-state index in [1.807, 2.05) is 0 Å². The zero-order valence-corrected chi connectivity index (χ0v) is 4.64. The topological polar surface area (TPSA) is 43.1 Å². The van der Waals surface area contributed by atoms with Crippen LogP contribution >= 0.6 is 11.3 Å². The van der Waals surface area contributed by atoms with Gasteiger partial charge in [-0.3, -0.25) is 10.1 Å². The van der Waals surface area contributed by atoms with E-state index >= 15 is 0 Å². The first-order valence-electron chi connectivity index (χ1n) is 2.39. The number of nitro groups is 1. The lowest BCUT2D eigenvalue weighted by Gasteiger charge is -1.76. The van der Waals surface area contributed by atoms with Crippen LogP contribution in [-0.4, -0.2) is 4.92 Å². The average molecular weight is 130 g/mol. The molecule has 0 aliphatic heterocycles. The molecule has 1 aromatic heterocycles. The molecule has 42 valence electrons. The zero-order chi connectivity index (χ0) is 6.85. The van der Waals surface area contributed by atoms with Gasteiger partial charge in [0.1, 0.15) is 0 Å². The molecule has 0 aliphatic rings. The van der Waals surface area contributed by atoms with Gasteiger partial charge >= 0.3 is 5.00 Å². The van der Waals surface area contributed by atoms with Crippen LogP contribution in [0.4, 0.5) is 5.00 Å². The summed E-state index contributed by atoms with van der Waals surface area (Å²) in [6.45, 7) is 0. The SMILES string of the molecule is [2H]c1csc([N+](=O)[O-])c1. The molecular formula is C4H3NO2S. The highest BCUT2D eigenvalue weighted by Gasteiger charge is 2.01. The maximum atomic E-state index is 9.95. The summed E-state index contributed by atoms with van der Waals surface area (Å²) >= 11 is 0.971. The van der Waals surface area contributed by atoms with E-state index < -0.39 is 4.92 Å². The first-order chi connectivity index (χ1) is 4.20. The van der Waals surface area contributed by atoms with E-state index in [1.165, 1.54) is 11.4 Å². The molecule has 0 amide bonds. The molecule has 0 unspecified atom stereocenters. The summed E-state index contributed by atoms with van der Waals surface area (Å²) < 4.78 is 6.92. The Labute approximate surface area is 51.1 Å². The Kier molecular flexibility index (Phi) is 0.964. The molecular weight excluding hydrogens is 126 g/mol. The number of nitrogens with zero attached hydrogens (tertiary/aromatic N) is 1. The molecule has 0 saturated heterocycles. The lowest BCUT2D eigenvalue weighted by molar-refractivity contribution is -0.380. The fourth-order valence-corrected chi connectivity index (χ4v) is 0.808. The highest BCUT2D eigenvalue weighted by atomic mass is 32.1. The number of rotatable bonds is 1. The second kappa shape index (κ2) is 1.92. The summed E-state index contributed by atoms with van der Waals surface area (Å²) in [5.74, 6) is 0. The highest BCUT2D eigenvalue weighted by Crippen LogP contribution is 2.16. The monoisotopic (exact) mass is 130 g/mol. The molecule has 0 bridgehead atoms. The van der Waals surface area contributed by atoms with Crippen LogP contribution in [0.3, 0.4) is 0 Å². The molecule has 0 aliphatic carbocycles. The molecule has 8 heavy (non-hydrogen) atoms. The van der Waals surface area contributed by atoms with Gasteiger partial charge in [-0.1, -0.05) is 11.3 Å². The Hall–Kier alpha value is -0.900. The van der Waals surface area contributed by atoms with Crippen molar-refractivity contribution in [2.45, 2.75) is 0 Å². The van der Waals surface area contributed by atoms with Gasteiger partial charge < -0.3 is 0 Å². The van der Waals surface area contributed by atoms with Crippen LogP contribution in [0.1, 0.15) is 1.37 Å². The van der Waals surface area contributed by atoms with Gasteiger partial charge in [-0.2, -0.15) is 0 Å². The molecule has 0 atom stereocenters. The summed E-state index contributed by atoms with van der Waals surface area (Å²) in [5.41, 5.74) is 0. The van der Waals surface area contributed by atoms with Crippen LogP contribution in [0.15, 0.2) is 17.5 Å². The molecule has 1 heterocycles. The van der Waals surface area contributed by atoms with Crippen LogP contribution in [0.25, 0.3) is 0 Å². The van der Waals surface area contributed by atoms with E-state index in [9.17, 15) is 10.1 Å². The van der Waals surface area contributed by atoms with Crippen molar-refractivity contribution in [3.63, 3.8) is 0 Å². The number of hydrogen-bond acceptors (Lipinski definition) is 3. The van der Waals surface area contributed by atoms with Crippen molar-refractivity contribution in [2.24, 2.45) is 0 Å². The first kappa shape index (κ1) is 4.03. The first-order valence-corrected chi connectivity index (χ1v) is 2.77. The summed E-state index contributed by atoms with van der Waals surface area (Å²) in [6, 6.07) is 1.43. The van der Waals surface area contributed by atoms with E-state index in [1.54, 1.807) is 0 Å². The van der Waals surface area contributed by atoms with Gasteiger partial charge in [0.05, 0.1) is 6.29 Å². The van der Waals surface area contributed by atoms with Crippen LogP contribution < -0.4 is 0 Å². The maximum Gasteiger partial charge on any atom is 0.324 e. The Morgan fingerprint density at radius 1 is 2.00 bits per heavy atom. The predicted molar refractivity (Wildman–Crippen MR) is 31.0 cm³/mol. The Morgan fingerprint density at radius 2 is 2.75 bits per heavy atom. The van der Waals surface area contributed by atoms with Gasteiger partial charge in [-0.25, -0.2) is 0 Å². The lowest BCUT2D eigenvalue weighted by atomic mass is 10.6. The molecule has 0 radical (unpaired) electrons. The van der Waals surface area contributed by atoms with Crippen LogP contribution in [0.5, 0.6) is 0 Å². The quantitative estimate of drug-likeness (QED) is 0.428. The fourth-order valence-electron chi connectivity index (χ4n) is 0.329. The molecule has 0 fully saturated rings. The van der Waals surface area contributed by atoms with Crippen molar-refractivity contribution >= 4 is 16.3 Å². The van der Waals surface area contributed by atoms with Crippen molar-refractivity contribution in [3.8, 4) is 0 Å². The largest absolute Gasteiger partial charge is 0.324 e. The predicted octanol–water partition coefficient (Wildman–Crippen LogP) is 1.66. The van der Waals surface area contributed by atoms with E-state index in [4.69, 9.17) is 1.37 Å². The molecule has 0 aromatic carbocycles. The molecule has 1 aromatic rings. The summed E-state index contributed by atoms with van der Waals surface area (Å²) in [6.07, 6.45) is 0. The summed E-state index contributed by atoms with van der Waals surface area (Å²) in [7, 11) is 0. The number of thiophene rings is 1. The van der Waals surface area contributed by atoms with Crippen molar-refractivity contribution in [2.75, 3.05) is 0 Å². The minimum Gasteiger partial charge on any atom is -0.258 e. The fraction of sp³-hybridized carbons (Fsp3) is 0. The summed E-state index contributed by atoms with van der Waals surface area (Å²) in [4.78, 5) is 9.45. The molecule has 0 spiro atoms. The van der Waals surface area contributed by atoms with Crippen LogP contribution in [-0.2, 0) is 0 Å². The Balaban J connectivity index is 2.98. The molecule has 3 nitrogen and oxygen atoms in total. The van der Waals surface area contributed by atoms with Crippen LogP contribution in [0.2, 0.25) is 0 Å². The van der Waals surface area contributed by atoms with E-state index in [2.05, 4.69) is 0 Å². The maximum absolute atomic E-state index is 9.95. The Morgan fingerprint density at radius 3 is 3.00 bits per heavy atom. The molecule has 0 N–H and O–H groups in total.